The summed E-state index contributed by atoms with van der Waals surface area (Å²) in [5, 5.41) is 0. The molecule has 0 radical (unpaired) electrons. The third-order valence-electron chi connectivity index (χ3n) is 6.14. The standard InChI is InChI=1S/C25H27NO2.C7H8/c1-3-21-15-19(10-12-24(21)27-4-2)14-20-11-13-25-22(16-20)17-26(18-28-25)23-8-6-5-7-9-23;1-7-5-3-2-4-6-7/h5-13,15-16H,3-4,14,17-18H2,1-2H3;2-6H,1H3. The minimum absolute atomic E-state index is 0.592. The molecule has 0 saturated heterocycles. The van der Waals surface area contributed by atoms with Crippen LogP contribution in [0.25, 0.3) is 0 Å². The van der Waals surface area contributed by atoms with Crippen LogP contribution in [-0.2, 0) is 19.4 Å². The first-order valence-corrected chi connectivity index (χ1v) is 12.5. The Labute approximate surface area is 210 Å². The Morgan fingerprint density at radius 2 is 1.49 bits per heavy atom. The molecule has 0 unspecified atom stereocenters. The maximum atomic E-state index is 5.98. The predicted molar refractivity (Wildman–Crippen MR) is 146 cm³/mol. The van der Waals surface area contributed by atoms with Crippen LogP contribution in [0.15, 0.2) is 97.1 Å². The second-order valence-electron chi connectivity index (χ2n) is 8.81. The van der Waals surface area contributed by atoms with E-state index in [-0.39, 0.29) is 0 Å². The van der Waals surface area contributed by atoms with E-state index in [0.29, 0.717) is 13.3 Å². The van der Waals surface area contributed by atoms with Gasteiger partial charge in [-0.1, -0.05) is 79.2 Å². The van der Waals surface area contributed by atoms with Gasteiger partial charge in [-0.05, 0) is 73.7 Å². The molecule has 1 aliphatic heterocycles. The molecule has 0 amide bonds. The average Bonchev–Trinajstić information content (AvgIpc) is 2.90. The lowest BCUT2D eigenvalue weighted by atomic mass is 9.99. The Hall–Kier alpha value is -3.72. The molecule has 35 heavy (non-hydrogen) atoms. The van der Waals surface area contributed by atoms with E-state index in [4.69, 9.17) is 9.47 Å². The first kappa shape index (κ1) is 24.4. The van der Waals surface area contributed by atoms with Crippen molar-refractivity contribution in [2.45, 2.75) is 40.2 Å². The minimum Gasteiger partial charge on any atom is -0.494 e. The molecule has 0 bridgehead atoms. The summed E-state index contributed by atoms with van der Waals surface area (Å²) in [7, 11) is 0. The van der Waals surface area contributed by atoms with Crippen LogP contribution in [0.3, 0.4) is 0 Å². The smallest absolute Gasteiger partial charge is 0.161 e. The monoisotopic (exact) mass is 465 g/mol. The van der Waals surface area contributed by atoms with Gasteiger partial charge in [0.05, 0.1) is 6.61 Å². The zero-order chi connectivity index (χ0) is 24.5. The molecule has 0 aliphatic carbocycles. The van der Waals surface area contributed by atoms with Gasteiger partial charge < -0.3 is 14.4 Å². The Morgan fingerprint density at radius 3 is 2.14 bits per heavy atom. The fraction of sp³-hybridized carbons (Fsp3) is 0.250. The van der Waals surface area contributed by atoms with Crippen molar-refractivity contribution in [1.82, 2.24) is 0 Å². The fourth-order valence-corrected chi connectivity index (χ4v) is 4.30. The van der Waals surface area contributed by atoms with E-state index in [0.717, 1.165) is 30.9 Å². The number of aryl methyl sites for hydroxylation is 2. The second-order valence-corrected chi connectivity index (χ2v) is 8.81. The first-order chi connectivity index (χ1) is 17.2. The summed E-state index contributed by atoms with van der Waals surface area (Å²) in [5.74, 6) is 2.00. The van der Waals surface area contributed by atoms with E-state index in [2.05, 4.69) is 91.5 Å². The molecular formula is C32H35NO2. The first-order valence-electron chi connectivity index (χ1n) is 12.5. The molecule has 1 aliphatic rings. The molecule has 0 saturated carbocycles. The summed E-state index contributed by atoms with van der Waals surface area (Å²) >= 11 is 0. The van der Waals surface area contributed by atoms with Gasteiger partial charge in [0, 0.05) is 17.8 Å². The Balaban J connectivity index is 0.000000356. The van der Waals surface area contributed by atoms with E-state index in [1.165, 1.54) is 33.5 Å². The van der Waals surface area contributed by atoms with Gasteiger partial charge in [-0.25, -0.2) is 0 Å². The Kier molecular flexibility index (Phi) is 8.45. The molecule has 4 aromatic carbocycles. The summed E-state index contributed by atoms with van der Waals surface area (Å²) < 4.78 is 11.7. The van der Waals surface area contributed by atoms with E-state index in [1.807, 2.05) is 31.2 Å². The molecule has 0 spiro atoms. The molecule has 1 heterocycles. The minimum atomic E-state index is 0.592. The molecule has 3 heteroatoms. The third-order valence-corrected chi connectivity index (χ3v) is 6.14. The van der Waals surface area contributed by atoms with Gasteiger partial charge in [0.25, 0.3) is 0 Å². The number of benzene rings is 4. The number of para-hydroxylation sites is 1. The SMILES string of the molecule is CCOc1ccc(Cc2ccc3c(c2)CN(c2ccccc2)CO3)cc1CC.Cc1ccccc1. The van der Waals surface area contributed by atoms with Crippen molar-refractivity contribution in [2.75, 3.05) is 18.2 Å². The van der Waals surface area contributed by atoms with Crippen LogP contribution in [0.1, 0.15) is 41.7 Å². The number of ether oxygens (including phenoxy) is 2. The van der Waals surface area contributed by atoms with Crippen molar-refractivity contribution in [3.8, 4) is 11.5 Å². The van der Waals surface area contributed by atoms with Crippen molar-refractivity contribution in [3.05, 3.63) is 125 Å². The lowest BCUT2D eigenvalue weighted by Gasteiger charge is -2.31. The molecule has 0 N–H and O–H groups in total. The maximum absolute atomic E-state index is 5.98. The second kappa shape index (κ2) is 12.1. The van der Waals surface area contributed by atoms with Gasteiger partial charge in [0.2, 0.25) is 0 Å². The van der Waals surface area contributed by atoms with Crippen molar-refractivity contribution in [1.29, 1.82) is 0 Å². The summed E-state index contributed by atoms with van der Waals surface area (Å²) in [6.45, 7) is 8.46. The molecule has 0 fully saturated rings. The highest BCUT2D eigenvalue weighted by Crippen LogP contribution is 2.30. The molecule has 5 rings (SSSR count). The zero-order valence-electron chi connectivity index (χ0n) is 21.0. The van der Waals surface area contributed by atoms with Gasteiger partial charge in [0.1, 0.15) is 11.5 Å². The van der Waals surface area contributed by atoms with E-state index in [9.17, 15) is 0 Å². The number of fused-ring (bicyclic) bond motifs is 1. The number of hydrogen-bond donors (Lipinski definition) is 0. The third kappa shape index (κ3) is 6.66. The topological polar surface area (TPSA) is 21.7 Å². The lowest BCUT2D eigenvalue weighted by molar-refractivity contribution is 0.289. The lowest BCUT2D eigenvalue weighted by Crippen LogP contribution is -2.31. The van der Waals surface area contributed by atoms with Crippen LogP contribution in [0.5, 0.6) is 11.5 Å². The molecule has 3 nitrogen and oxygen atoms in total. The van der Waals surface area contributed by atoms with Crippen LogP contribution >= 0.6 is 0 Å². The van der Waals surface area contributed by atoms with E-state index >= 15 is 0 Å². The summed E-state index contributed by atoms with van der Waals surface area (Å²) in [6.07, 6.45) is 1.89. The number of rotatable bonds is 6. The molecule has 0 atom stereocenters. The Morgan fingerprint density at radius 1 is 0.800 bits per heavy atom. The van der Waals surface area contributed by atoms with Crippen molar-refractivity contribution >= 4 is 5.69 Å². The highest BCUT2D eigenvalue weighted by Gasteiger charge is 2.18. The summed E-state index contributed by atoms with van der Waals surface area (Å²) in [5.41, 5.74) is 7.66. The van der Waals surface area contributed by atoms with Crippen LogP contribution < -0.4 is 14.4 Å². The Bertz CT molecular complexity index is 1200. The largest absolute Gasteiger partial charge is 0.494 e. The maximum Gasteiger partial charge on any atom is 0.161 e. The molecule has 180 valence electrons. The number of anilines is 1. The van der Waals surface area contributed by atoms with Crippen LogP contribution in [0, 0.1) is 6.92 Å². The van der Waals surface area contributed by atoms with Crippen molar-refractivity contribution in [2.24, 2.45) is 0 Å². The molecular weight excluding hydrogens is 430 g/mol. The number of hydrogen-bond acceptors (Lipinski definition) is 3. The normalized spacial score (nSPS) is 12.1. The predicted octanol–water partition coefficient (Wildman–Crippen LogP) is 7.59. The highest BCUT2D eigenvalue weighted by molar-refractivity contribution is 5.51. The van der Waals surface area contributed by atoms with Crippen LogP contribution in [0.2, 0.25) is 0 Å². The van der Waals surface area contributed by atoms with Gasteiger partial charge >= 0.3 is 0 Å². The van der Waals surface area contributed by atoms with Crippen LogP contribution in [0.4, 0.5) is 5.69 Å². The molecule has 0 aromatic heterocycles. The van der Waals surface area contributed by atoms with Crippen molar-refractivity contribution < 1.29 is 9.47 Å². The van der Waals surface area contributed by atoms with Crippen molar-refractivity contribution in [3.63, 3.8) is 0 Å². The van der Waals surface area contributed by atoms with Gasteiger partial charge in [0.15, 0.2) is 6.73 Å². The fourth-order valence-electron chi connectivity index (χ4n) is 4.30. The van der Waals surface area contributed by atoms with Gasteiger partial charge in [-0.2, -0.15) is 0 Å². The zero-order valence-corrected chi connectivity index (χ0v) is 21.0. The van der Waals surface area contributed by atoms with Crippen LogP contribution in [-0.4, -0.2) is 13.3 Å². The quantitative estimate of drug-likeness (QED) is 0.293. The summed E-state index contributed by atoms with van der Waals surface area (Å²) in [4.78, 5) is 2.26. The highest BCUT2D eigenvalue weighted by atomic mass is 16.5. The van der Waals surface area contributed by atoms with Gasteiger partial charge in [-0.15, -0.1) is 0 Å². The van der Waals surface area contributed by atoms with E-state index < -0.39 is 0 Å². The average molecular weight is 466 g/mol. The van der Waals surface area contributed by atoms with Gasteiger partial charge in [-0.3, -0.25) is 0 Å². The molecule has 4 aromatic rings. The summed E-state index contributed by atoms with van der Waals surface area (Å²) in [6, 6.07) is 33.8. The number of nitrogens with zero attached hydrogens (tertiary/aromatic N) is 1. The van der Waals surface area contributed by atoms with E-state index in [1.54, 1.807) is 0 Å².